The predicted molar refractivity (Wildman–Crippen MR) is 220 cm³/mol. The van der Waals surface area contributed by atoms with E-state index in [4.69, 9.17) is 19.4 Å². The summed E-state index contributed by atoms with van der Waals surface area (Å²) in [6.45, 7) is 2.27. The van der Waals surface area contributed by atoms with Gasteiger partial charge >= 0.3 is 0 Å². The molecule has 0 N–H and O–H groups in total. The Morgan fingerprint density at radius 2 is 1.17 bits per heavy atom. The summed E-state index contributed by atoms with van der Waals surface area (Å²) in [5.74, 6) is 2.89. The van der Waals surface area contributed by atoms with Crippen molar-refractivity contribution in [1.82, 2.24) is 15.0 Å². The highest BCUT2D eigenvalue weighted by Gasteiger charge is 2.40. The van der Waals surface area contributed by atoms with E-state index in [1.807, 2.05) is 11.3 Å². The van der Waals surface area contributed by atoms with Crippen LogP contribution >= 0.6 is 11.3 Å². The molecule has 250 valence electrons. The molecule has 11 rings (SSSR count). The molecular weight excluding hydrogens is 667 g/mol. The third-order valence-corrected chi connectivity index (χ3v) is 12.1. The maximum Gasteiger partial charge on any atom is 0.163 e. The van der Waals surface area contributed by atoms with Crippen molar-refractivity contribution in [2.75, 3.05) is 0 Å². The fourth-order valence-electron chi connectivity index (χ4n) is 8.30. The van der Waals surface area contributed by atoms with Crippen molar-refractivity contribution in [3.8, 4) is 33.9 Å². The third-order valence-electron chi connectivity index (χ3n) is 10.9. The zero-order valence-electron chi connectivity index (χ0n) is 28.9. The number of rotatable bonds is 4. The summed E-state index contributed by atoms with van der Waals surface area (Å²) in [4.78, 5) is 15.9. The van der Waals surface area contributed by atoms with E-state index in [1.54, 1.807) is 0 Å². The fourth-order valence-corrected chi connectivity index (χ4v) is 9.43. The van der Waals surface area contributed by atoms with Crippen molar-refractivity contribution in [2.24, 2.45) is 0 Å². The Morgan fingerprint density at radius 1 is 0.566 bits per heavy atom. The molecular formula is C48H31N3OS. The number of hydrogen-bond acceptors (Lipinski definition) is 5. The number of fused-ring (bicyclic) bond motifs is 8. The van der Waals surface area contributed by atoms with Gasteiger partial charge in [-0.25, -0.2) is 15.0 Å². The topological polar surface area (TPSA) is 51.8 Å². The van der Waals surface area contributed by atoms with E-state index in [0.29, 0.717) is 18.1 Å². The van der Waals surface area contributed by atoms with Crippen molar-refractivity contribution in [1.29, 1.82) is 0 Å². The number of aromatic nitrogens is 3. The molecule has 0 fully saturated rings. The van der Waals surface area contributed by atoms with Crippen LogP contribution in [-0.4, -0.2) is 15.0 Å². The Hall–Kier alpha value is -6.43. The molecule has 10 aromatic rings. The van der Waals surface area contributed by atoms with Crippen LogP contribution in [0.1, 0.15) is 30.5 Å². The van der Waals surface area contributed by atoms with E-state index in [1.165, 1.54) is 36.5 Å². The monoisotopic (exact) mass is 697 g/mol. The minimum atomic E-state index is -0.615. The second-order valence-electron chi connectivity index (χ2n) is 14.2. The van der Waals surface area contributed by atoms with Gasteiger partial charge in [0.05, 0.1) is 5.41 Å². The molecule has 53 heavy (non-hydrogen) atoms. The Balaban J connectivity index is 1.17. The Morgan fingerprint density at radius 3 is 1.89 bits per heavy atom. The molecule has 0 saturated carbocycles. The molecule has 4 nitrogen and oxygen atoms in total. The molecule has 0 saturated heterocycles. The summed E-state index contributed by atoms with van der Waals surface area (Å²) in [5.41, 5.74) is 5.63. The molecule has 7 aromatic carbocycles. The molecule has 1 aliphatic carbocycles. The lowest BCUT2D eigenvalue weighted by atomic mass is 9.73. The van der Waals surface area contributed by atoms with Gasteiger partial charge in [0, 0.05) is 42.2 Å². The number of allylic oxidation sites excluding steroid dienone is 1. The molecule has 3 aromatic heterocycles. The predicted octanol–water partition coefficient (Wildman–Crippen LogP) is 13.0. The van der Waals surface area contributed by atoms with E-state index in [-0.39, 0.29) is 0 Å². The average Bonchev–Trinajstić information content (AvgIpc) is 3.80. The van der Waals surface area contributed by atoms with Crippen molar-refractivity contribution in [3.05, 3.63) is 169 Å². The zero-order chi connectivity index (χ0) is 35.1. The van der Waals surface area contributed by atoms with Gasteiger partial charge in [0.25, 0.3) is 0 Å². The lowest BCUT2D eigenvalue weighted by Crippen LogP contribution is -2.29. The summed E-state index contributed by atoms with van der Waals surface area (Å²) in [6, 6.07) is 51.6. The molecule has 1 atom stereocenters. The van der Waals surface area contributed by atoms with Crippen molar-refractivity contribution < 1.29 is 4.42 Å². The Labute approximate surface area is 309 Å². The normalized spacial score (nSPS) is 15.6. The summed E-state index contributed by atoms with van der Waals surface area (Å²) in [5, 5.41) is 8.32. The van der Waals surface area contributed by atoms with Gasteiger partial charge in [-0.15, -0.1) is 11.3 Å². The first kappa shape index (κ1) is 30.2. The maximum absolute atomic E-state index is 6.72. The van der Waals surface area contributed by atoms with Crippen LogP contribution in [0.4, 0.5) is 0 Å². The first-order chi connectivity index (χ1) is 26.1. The van der Waals surface area contributed by atoms with Crippen LogP contribution in [0.5, 0.6) is 0 Å². The molecule has 0 amide bonds. The van der Waals surface area contributed by atoms with Crippen molar-refractivity contribution in [2.45, 2.75) is 18.8 Å². The second-order valence-corrected chi connectivity index (χ2v) is 15.2. The third kappa shape index (κ3) is 4.71. The molecule has 0 radical (unpaired) electrons. The van der Waals surface area contributed by atoms with Crippen LogP contribution in [0.2, 0.25) is 0 Å². The molecule has 3 heterocycles. The van der Waals surface area contributed by atoms with Crippen LogP contribution in [0.3, 0.4) is 0 Å². The van der Waals surface area contributed by atoms with E-state index in [9.17, 15) is 0 Å². The lowest BCUT2D eigenvalue weighted by Gasteiger charge is -2.30. The van der Waals surface area contributed by atoms with E-state index >= 15 is 0 Å². The standard InChI is InChI=1S/C48H31N3OS/c1-48(26-10-19-39-44(48)43-36(16-8-18-38(43)52-39)35-17-9-21-41-42(35)37-15-6-7-20-40(37)53-41)47-50-45(33-24-22-29-11-2-4-13-31(29)27-33)49-46(51-47)34-25-23-30-12-3-5-14-32(30)28-34/h2-25,27-28H,26H2,1H3. The van der Waals surface area contributed by atoms with Crippen LogP contribution in [0.15, 0.2) is 156 Å². The smallest absolute Gasteiger partial charge is 0.163 e. The zero-order valence-corrected chi connectivity index (χ0v) is 29.7. The average molecular weight is 698 g/mol. The van der Waals surface area contributed by atoms with Gasteiger partial charge in [-0.3, -0.25) is 0 Å². The molecule has 1 unspecified atom stereocenters. The van der Waals surface area contributed by atoms with Crippen molar-refractivity contribution in [3.63, 3.8) is 0 Å². The maximum atomic E-state index is 6.72. The second kappa shape index (κ2) is 11.5. The largest absolute Gasteiger partial charge is 0.456 e. The number of hydrogen-bond donors (Lipinski definition) is 0. The highest BCUT2D eigenvalue weighted by Crippen LogP contribution is 2.50. The van der Waals surface area contributed by atoms with Gasteiger partial charge < -0.3 is 4.42 Å². The van der Waals surface area contributed by atoms with E-state index in [0.717, 1.165) is 55.6 Å². The van der Waals surface area contributed by atoms with Crippen LogP contribution < -0.4 is 0 Å². The van der Waals surface area contributed by atoms with E-state index in [2.05, 4.69) is 165 Å². The molecule has 1 aliphatic rings. The Bertz CT molecular complexity index is 3040. The van der Waals surface area contributed by atoms with Gasteiger partial charge in [0.2, 0.25) is 0 Å². The SMILES string of the molecule is CC1(c2nc(-c3ccc4ccccc4c3)nc(-c3ccc4ccccc4c3)n2)CC=Cc2oc3cccc(-c4cccc5sc6ccccc6c45)c3c21. The van der Waals surface area contributed by atoms with Crippen LogP contribution in [0, 0.1) is 0 Å². The van der Waals surface area contributed by atoms with Gasteiger partial charge in [0.15, 0.2) is 11.6 Å². The van der Waals surface area contributed by atoms with Gasteiger partial charge in [0.1, 0.15) is 17.2 Å². The molecule has 0 aliphatic heterocycles. The van der Waals surface area contributed by atoms with Crippen molar-refractivity contribution >= 4 is 70.1 Å². The van der Waals surface area contributed by atoms with Gasteiger partial charge in [-0.05, 0) is 82.4 Å². The number of thiophene rings is 1. The molecule has 5 heteroatoms. The van der Waals surface area contributed by atoms with Gasteiger partial charge in [-0.1, -0.05) is 121 Å². The van der Waals surface area contributed by atoms with E-state index < -0.39 is 5.41 Å². The number of furan rings is 1. The van der Waals surface area contributed by atoms with Crippen LogP contribution in [0.25, 0.3) is 92.7 Å². The first-order valence-corrected chi connectivity index (χ1v) is 18.8. The first-order valence-electron chi connectivity index (χ1n) is 18.0. The fraction of sp³-hybridized carbons (Fsp3) is 0.0625. The highest BCUT2D eigenvalue weighted by molar-refractivity contribution is 7.25. The quantitative estimate of drug-likeness (QED) is 0.184. The molecule has 0 spiro atoms. The van der Waals surface area contributed by atoms with Crippen LogP contribution in [-0.2, 0) is 5.41 Å². The minimum Gasteiger partial charge on any atom is -0.456 e. The number of benzene rings is 7. The summed E-state index contributed by atoms with van der Waals surface area (Å²) in [7, 11) is 0. The lowest BCUT2D eigenvalue weighted by molar-refractivity contribution is 0.509. The summed E-state index contributed by atoms with van der Waals surface area (Å²) < 4.78 is 9.29. The summed E-state index contributed by atoms with van der Waals surface area (Å²) >= 11 is 1.84. The highest BCUT2D eigenvalue weighted by atomic mass is 32.1. The molecule has 0 bridgehead atoms. The summed E-state index contributed by atoms with van der Waals surface area (Å²) in [6.07, 6.45) is 5.04. The number of nitrogens with zero attached hydrogens (tertiary/aromatic N) is 3. The minimum absolute atomic E-state index is 0.615. The Kier molecular flexibility index (Phi) is 6.58. The van der Waals surface area contributed by atoms with Gasteiger partial charge in [-0.2, -0.15) is 0 Å².